The van der Waals surface area contributed by atoms with Crippen LogP contribution in [0.25, 0.3) is 0 Å². The molecular weight excluding hydrogens is 148 g/mol. The molecule has 0 aliphatic carbocycles. The van der Waals surface area contributed by atoms with Crippen molar-refractivity contribution in [1.82, 2.24) is 9.78 Å². The number of aryl methyl sites for hydroxylation is 1. The monoisotopic (exact) mass is 152 g/mol. The Kier molecular flexibility index (Phi) is 1.56. The average molecular weight is 152 g/mol. The van der Waals surface area contributed by atoms with Crippen LogP contribution in [-0.2, 0) is 7.05 Å². The molecule has 0 atom stereocenters. The molecule has 0 bridgehead atoms. The number of nitriles is 1. The van der Waals surface area contributed by atoms with E-state index in [0.717, 1.165) is 0 Å². The van der Waals surface area contributed by atoms with Crippen LogP contribution >= 0.6 is 0 Å². The fourth-order valence-electron chi connectivity index (χ4n) is 0.689. The van der Waals surface area contributed by atoms with E-state index in [2.05, 4.69) is 5.10 Å². The van der Waals surface area contributed by atoms with Gasteiger partial charge in [-0.3, -0.25) is 14.8 Å². The molecule has 0 aliphatic heterocycles. The van der Waals surface area contributed by atoms with Gasteiger partial charge in [0.1, 0.15) is 12.3 Å². The lowest BCUT2D eigenvalue weighted by atomic mass is 10.4. The summed E-state index contributed by atoms with van der Waals surface area (Å²) in [5, 5.41) is 22.1. The summed E-state index contributed by atoms with van der Waals surface area (Å²) in [5.74, 6) is 0. The zero-order chi connectivity index (χ0) is 8.43. The number of aromatic nitrogens is 2. The average Bonchev–Trinajstić information content (AvgIpc) is 2.30. The molecule has 0 spiro atoms. The SMILES string of the molecule is Cn1cc([N+](=O)[O-])c(C#N)n1. The van der Waals surface area contributed by atoms with Crippen LogP contribution in [-0.4, -0.2) is 14.7 Å². The number of nitrogens with zero attached hydrogens (tertiary/aromatic N) is 4. The van der Waals surface area contributed by atoms with Crippen LogP contribution in [0.3, 0.4) is 0 Å². The van der Waals surface area contributed by atoms with Crippen LogP contribution in [0.15, 0.2) is 6.20 Å². The highest BCUT2D eigenvalue weighted by Gasteiger charge is 2.16. The maximum absolute atomic E-state index is 10.2. The van der Waals surface area contributed by atoms with Gasteiger partial charge in [-0.1, -0.05) is 0 Å². The first kappa shape index (κ1) is 7.21. The van der Waals surface area contributed by atoms with Gasteiger partial charge in [0.25, 0.3) is 0 Å². The van der Waals surface area contributed by atoms with Gasteiger partial charge >= 0.3 is 5.69 Å². The lowest BCUT2D eigenvalue weighted by Crippen LogP contribution is -1.88. The topological polar surface area (TPSA) is 84.7 Å². The molecule has 56 valence electrons. The lowest BCUT2D eigenvalue weighted by Gasteiger charge is -1.80. The van der Waals surface area contributed by atoms with E-state index in [-0.39, 0.29) is 11.4 Å². The zero-order valence-corrected chi connectivity index (χ0v) is 5.68. The summed E-state index contributed by atoms with van der Waals surface area (Å²) in [7, 11) is 1.52. The Morgan fingerprint density at radius 3 is 2.91 bits per heavy atom. The first-order chi connectivity index (χ1) is 5.15. The number of hydrogen-bond donors (Lipinski definition) is 0. The molecule has 0 aromatic carbocycles. The summed E-state index contributed by atoms with van der Waals surface area (Å²) in [6.45, 7) is 0. The molecule has 0 radical (unpaired) electrons. The van der Waals surface area contributed by atoms with E-state index in [1.807, 2.05) is 0 Å². The maximum Gasteiger partial charge on any atom is 0.325 e. The van der Waals surface area contributed by atoms with Crippen LogP contribution in [0.1, 0.15) is 5.69 Å². The van der Waals surface area contributed by atoms with Gasteiger partial charge in [0.2, 0.25) is 5.69 Å². The van der Waals surface area contributed by atoms with Crippen LogP contribution < -0.4 is 0 Å². The van der Waals surface area contributed by atoms with Crippen molar-refractivity contribution in [1.29, 1.82) is 5.26 Å². The standard InChI is InChI=1S/C5H4N4O2/c1-8-3-5(9(10)11)4(2-6)7-8/h3H,1H3. The molecule has 0 aliphatic rings. The molecule has 0 amide bonds. The number of hydrogen-bond acceptors (Lipinski definition) is 4. The molecule has 0 saturated carbocycles. The summed E-state index contributed by atoms with van der Waals surface area (Å²) in [5.41, 5.74) is -0.410. The van der Waals surface area contributed by atoms with Gasteiger partial charge in [0, 0.05) is 7.05 Å². The molecule has 6 heteroatoms. The van der Waals surface area contributed by atoms with Gasteiger partial charge in [0.05, 0.1) is 4.92 Å². The fourth-order valence-corrected chi connectivity index (χ4v) is 0.689. The van der Waals surface area contributed by atoms with Gasteiger partial charge in [-0.15, -0.1) is 0 Å². The molecule has 1 rings (SSSR count). The minimum atomic E-state index is -0.633. The van der Waals surface area contributed by atoms with Crippen molar-refractivity contribution in [2.75, 3.05) is 0 Å². The van der Waals surface area contributed by atoms with Crippen molar-refractivity contribution in [3.05, 3.63) is 22.0 Å². The predicted molar refractivity (Wildman–Crippen MR) is 34.6 cm³/mol. The van der Waals surface area contributed by atoms with Crippen molar-refractivity contribution in [2.45, 2.75) is 0 Å². The highest BCUT2D eigenvalue weighted by molar-refractivity contribution is 5.41. The third kappa shape index (κ3) is 1.16. The van der Waals surface area contributed by atoms with Gasteiger partial charge in [-0.05, 0) is 0 Å². The molecule has 0 fully saturated rings. The molecule has 0 saturated heterocycles. The first-order valence-electron chi connectivity index (χ1n) is 2.73. The van der Waals surface area contributed by atoms with Gasteiger partial charge < -0.3 is 0 Å². The van der Waals surface area contributed by atoms with Crippen LogP contribution in [0.5, 0.6) is 0 Å². The molecule has 1 aromatic rings. The number of rotatable bonds is 1. The van der Waals surface area contributed by atoms with Crippen molar-refractivity contribution in [3.63, 3.8) is 0 Å². The van der Waals surface area contributed by atoms with E-state index < -0.39 is 4.92 Å². The van der Waals surface area contributed by atoms with Crippen LogP contribution in [0.2, 0.25) is 0 Å². The molecule has 6 nitrogen and oxygen atoms in total. The van der Waals surface area contributed by atoms with Gasteiger partial charge in [-0.2, -0.15) is 10.4 Å². The molecule has 11 heavy (non-hydrogen) atoms. The van der Waals surface area contributed by atoms with Crippen molar-refractivity contribution in [2.24, 2.45) is 7.05 Å². The van der Waals surface area contributed by atoms with E-state index >= 15 is 0 Å². The van der Waals surface area contributed by atoms with Crippen molar-refractivity contribution < 1.29 is 4.92 Å². The lowest BCUT2D eigenvalue weighted by molar-refractivity contribution is -0.385. The van der Waals surface area contributed by atoms with Crippen LogP contribution in [0, 0.1) is 21.4 Å². The molecule has 1 aromatic heterocycles. The Labute approximate surface area is 61.8 Å². The highest BCUT2D eigenvalue weighted by atomic mass is 16.6. The molecule has 0 unspecified atom stereocenters. The Morgan fingerprint density at radius 1 is 1.91 bits per heavy atom. The number of nitro groups is 1. The largest absolute Gasteiger partial charge is 0.325 e. The summed E-state index contributed by atoms with van der Waals surface area (Å²) in [4.78, 5) is 9.56. The van der Waals surface area contributed by atoms with Crippen molar-refractivity contribution in [3.8, 4) is 6.07 Å². The van der Waals surface area contributed by atoms with Gasteiger partial charge in [-0.25, -0.2) is 0 Å². The Balaban J connectivity index is 3.26. The highest BCUT2D eigenvalue weighted by Crippen LogP contribution is 2.13. The summed E-state index contributed by atoms with van der Waals surface area (Å²) in [6, 6.07) is 1.62. The Bertz CT molecular complexity index is 335. The second-order valence-corrected chi connectivity index (χ2v) is 1.91. The second kappa shape index (κ2) is 2.38. The van der Waals surface area contributed by atoms with E-state index in [1.165, 1.54) is 17.9 Å². The quantitative estimate of drug-likeness (QED) is 0.425. The molecular formula is C5H4N4O2. The summed E-state index contributed by atoms with van der Waals surface area (Å²) in [6.07, 6.45) is 1.19. The fraction of sp³-hybridized carbons (Fsp3) is 0.200. The van der Waals surface area contributed by atoms with E-state index in [9.17, 15) is 10.1 Å². The molecule has 0 N–H and O–H groups in total. The Hall–Kier alpha value is -1.90. The minimum Gasteiger partial charge on any atom is -0.267 e. The van der Waals surface area contributed by atoms with E-state index in [0.29, 0.717) is 0 Å². The normalized spacial score (nSPS) is 9.09. The molecule has 1 heterocycles. The second-order valence-electron chi connectivity index (χ2n) is 1.91. The minimum absolute atomic E-state index is 0.155. The third-order valence-corrected chi connectivity index (χ3v) is 1.11. The van der Waals surface area contributed by atoms with Gasteiger partial charge in [0.15, 0.2) is 0 Å². The van der Waals surface area contributed by atoms with E-state index in [1.54, 1.807) is 6.07 Å². The van der Waals surface area contributed by atoms with Crippen molar-refractivity contribution >= 4 is 5.69 Å². The summed E-state index contributed by atoms with van der Waals surface area (Å²) >= 11 is 0. The van der Waals surface area contributed by atoms with E-state index in [4.69, 9.17) is 5.26 Å². The predicted octanol–water partition coefficient (Wildman–Crippen LogP) is 0.200. The third-order valence-electron chi connectivity index (χ3n) is 1.11. The summed E-state index contributed by atoms with van der Waals surface area (Å²) < 4.78 is 1.23. The first-order valence-corrected chi connectivity index (χ1v) is 2.73. The maximum atomic E-state index is 10.2. The zero-order valence-electron chi connectivity index (χ0n) is 5.68. The Morgan fingerprint density at radius 2 is 2.55 bits per heavy atom. The smallest absolute Gasteiger partial charge is 0.267 e. The van der Waals surface area contributed by atoms with Crippen LogP contribution in [0.4, 0.5) is 5.69 Å².